The normalized spacial score (nSPS) is 17.1. The van der Waals surface area contributed by atoms with E-state index in [1.807, 2.05) is 0 Å². The van der Waals surface area contributed by atoms with Crippen molar-refractivity contribution >= 4 is 33.2 Å². The molecule has 0 amide bonds. The molecule has 1 aromatic carbocycles. The Morgan fingerprint density at radius 1 is 1.25 bits per heavy atom. The van der Waals surface area contributed by atoms with Crippen LogP contribution in [0.4, 0.5) is 0 Å². The smallest absolute Gasteiger partial charge is 0.238 e. The Morgan fingerprint density at radius 3 is 2.30 bits per heavy atom. The van der Waals surface area contributed by atoms with E-state index in [1.54, 1.807) is 0 Å². The molecule has 2 rings (SSSR count). The van der Waals surface area contributed by atoms with E-state index in [-0.39, 0.29) is 20.7 Å². The van der Waals surface area contributed by atoms with Crippen molar-refractivity contribution in [2.75, 3.05) is 19.8 Å². The van der Waals surface area contributed by atoms with Crippen molar-refractivity contribution in [3.05, 3.63) is 22.2 Å². The molecule has 1 fully saturated rings. The molecular formula is C12H15Cl2NO4S. The van der Waals surface area contributed by atoms with Gasteiger partial charge in [-0.1, -0.05) is 23.2 Å². The van der Waals surface area contributed by atoms with E-state index in [4.69, 9.17) is 37.8 Å². The summed E-state index contributed by atoms with van der Waals surface area (Å²) >= 11 is 12.0. The minimum absolute atomic E-state index is 0.133. The molecular weight excluding hydrogens is 325 g/mol. The van der Waals surface area contributed by atoms with Gasteiger partial charge in [0.2, 0.25) is 10.0 Å². The van der Waals surface area contributed by atoms with E-state index < -0.39 is 10.0 Å². The van der Waals surface area contributed by atoms with Crippen molar-refractivity contribution in [2.45, 2.75) is 17.7 Å². The Morgan fingerprint density at radius 2 is 1.80 bits per heavy atom. The van der Waals surface area contributed by atoms with Crippen LogP contribution in [0.25, 0.3) is 0 Å². The number of benzene rings is 1. The topological polar surface area (TPSA) is 78.6 Å². The molecule has 2 N–H and O–H groups in total. The van der Waals surface area contributed by atoms with E-state index in [0.717, 1.165) is 26.1 Å². The summed E-state index contributed by atoms with van der Waals surface area (Å²) in [5.41, 5.74) is 0. The average molecular weight is 340 g/mol. The molecule has 1 aliphatic heterocycles. The molecule has 0 aromatic heterocycles. The summed E-state index contributed by atoms with van der Waals surface area (Å²) in [5, 5.41) is 5.30. The molecule has 5 nitrogen and oxygen atoms in total. The van der Waals surface area contributed by atoms with Crippen molar-refractivity contribution in [2.24, 2.45) is 11.1 Å². The summed E-state index contributed by atoms with van der Waals surface area (Å²) in [6.45, 7) is 1.91. The number of sulfonamides is 1. The van der Waals surface area contributed by atoms with Crippen LogP contribution < -0.4 is 9.88 Å². The van der Waals surface area contributed by atoms with Gasteiger partial charge in [0, 0.05) is 13.2 Å². The molecule has 0 bridgehead atoms. The van der Waals surface area contributed by atoms with Gasteiger partial charge in [-0.15, -0.1) is 0 Å². The molecule has 1 aliphatic rings. The predicted molar refractivity (Wildman–Crippen MR) is 76.9 cm³/mol. The molecule has 1 heterocycles. The Balaban J connectivity index is 2.12. The lowest BCUT2D eigenvalue weighted by Crippen LogP contribution is -2.21. The first-order valence-electron chi connectivity index (χ1n) is 6.10. The zero-order valence-electron chi connectivity index (χ0n) is 10.6. The second-order valence-corrected chi connectivity index (χ2v) is 7.00. The van der Waals surface area contributed by atoms with Crippen molar-refractivity contribution in [3.63, 3.8) is 0 Å². The third-order valence-electron chi connectivity index (χ3n) is 3.10. The van der Waals surface area contributed by atoms with Gasteiger partial charge in [0.15, 0.2) is 5.75 Å². The maximum Gasteiger partial charge on any atom is 0.238 e. The van der Waals surface area contributed by atoms with Gasteiger partial charge in [0.1, 0.15) is 0 Å². The van der Waals surface area contributed by atoms with Gasteiger partial charge >= 0.3 is 0 Å². The van der Waals surface area contributed by atoms with Gasteiger partial charge < -0.3 is 9.47 Å². The molecule has 8 heteroatoms. The molecule has 0 aliphatic carbocycles. The summed E-state index contributed by atoms with van der Waals surface area (Å²) in [5.74, 6) is 0.668. The van der Waals surface area contributed by atoms with Crippen molar-refractivity contribution in [3.8, 4) is 5.75 Å². The van der Waals surface area contributed by atoms with Gasteiger partial charge in [-0.05, 0) is 30.9 Å². The highest BCUT2D eigenvalue weighted by molar-refractivity contribution is 7.89. The highest BCUT2D eigenvalue weighted by atomic mass is 35.5. The molecule has 1 aromatic rings. The monoisotopic (exact) mass is 339 g/mol. The summed E-state index contributed by atoms with van der Waals surface area (Å²) in [7, 11) is -3.84. The first kappa shape index (κ1) is 15.9. The van der Waals surface area contributed by atoms with Gasteiger partial charge in [0.25, 0.3) is 0 Å². The van der Waals surface area contributed by atoms with Crippen molar-refractivity contribution < 1.29 is 17.9 Å². The van der Waals surface area contributed by atoms with E-state index in [0.29, 0.717) is 12.5 Å². The molecule has 1 saturated heterocycles. The van der Waals surface area contributed by atoms with Crippen molar-refractivity contribution in [1.82, 2.24) is 0 Å². The van der Waals surface area contributed by atoms with E-state index in [9.17, 15) is 8.42 Å². The zero-order chi connectivity index (χ0) is 14.8. The SMILES string of the molecule is NS(=O)(=O)c1cc(Cl)c(OCC2CCOCC2)c(Cl)c1. The molecule has 20 heavy (non-hydrogen) atoms. The summed E-state index contributed by atoms with van der Waals surface area (Å²) < 4.78 is 33.4. The molecule has 0 radical (unpaired) electrons. The minimum atomic E-state index is -3.84. The minimum Gasteiger partial charge on any atom is -0.490 e. The average Bonchev–Trinajstić information content (AvgIpc) is 2.37. The fourth-order valence-electron chi connectivity index (χ4n) is 1.95. The zero-order valence-corrected chi connectivity index (χ0v) is 13.0. The Labute approximate surface area is 128 Å². The number of nitrogens with two attached hydrogens (primary N) is 1. The molecule has 0 unspecified atom stereocenters. The lowest BCUT2D eigenvalue weighted by atomic mass is 10.0. The number of hydrogen-bond acceptors (Lipinski definition) is 4. The molecule has 0 atom stereocenters. The van der Waals surface area contributed by atoms with E-state index in [1.165, 1.54) is 12.1 Å². The first-order chi connectivity index (χ1) is 9.38. The maximum atomic E-state index is 11.3. The van der Waals surface area contributed by atoms with Crippen molar-refractivity contribution in [1.29, 1.82) is 0 Å². The lowest BCUT2D eigenvalue weighted by Gasteiger charge is -2.22. The fraction of sp³-hybridized carbons (Fsp3) is 0.500. The largest absolute Gasteiger partial charge is 0.490 e. The molecule has 0 spiro atoms. The second kappa shape index (κ2) is 6.49. The van der Waals surface area contributed by atoms with Crippen LogP contribution in [-0.2, 0) is 14.8 Å². The van der Waals surface area contributed by atoms with Gasteiger partial charge in [-0.3, -0.25) is 0 Å². The second-order valence-electron chi connectivity index (χ2n) is 4.63. The van der Waals surface area contributed by atoms with Crippen LogP contribution in [0.2, 0.25) is 10.0 Å². The van der Waals surface area contributed by atoms with Gasteiger partial charge in [0.05, 0.1) is 21.5 Å². The first-order valence-corrected chi connectivity index (χ1v) is 8.40. The van der Waals surface area contributed by atoms with Gasteiger partial charge in [-0.2, -0.15) is 0 Å². The Hall–Kier alpha value is -0.530. The highest BCUT2D eigenvalue weighted by Crippen LogP contribution is 2.36. The number of ether oxygens (including phenoxy) is 2. The van der Waals surface area contributed by atoms with Crippen LogP contribution in [0.15, 0.2) is 17.0 Å². The predicted octanol–water partition coefficient (Wildman–Crippen LogP) is 2.45. The third kappa shape index (κ3) is 3.99. The Bertz CT molecular complexity index is 562. The third-order valence-corrected chi connectivity index (χ3v) is 4.56. The van der Waals surface area contributed by atoms with Crippen LogP contribution in [0, 0.1) is 5.92 Å². The van der Waals surface area contributed by atoms with Crippen LogP contribution in [0.1, 0.15) is 12.8 Å². The van der Waals surface area contributed by atoms with Crippen LogP contribution in [0.3, 0.4) is 0 Å². The van der Waals surface area contributed by atoms with Crippen LogP contribution in [-0.4, -0.2) is 28.2 Å². The number of hydrogen-bond donors (Lipinski definition) is 1. The summed E-state index contributed by atoms with van der Waals surface area (Å²) in [6.07, 6.45) is 1.84. The number of primary sulfonamides is 1. The molecule has 0 saturated carbocycles. The summed E-state index contributed by atoms with van der Waals surface area (Å²) in [4.78, 5) is -0.133. The van der Waals surface area contributed by atoms with E-state index in [2.05, 4.69) is 0 Å². The maximum absolute atomic E-state index is 11.3. The molecule has 112 valence electrons. The fourth-order valence-corrected chi connectivity index (χ4v) is 3.24. The lowest BCUT2D eigenvalue weighted by molar-refractivity contribution is 0.0498. The quantitative estimate of drug-likeness (QED) is 0.913. The van der Waals surface area contributed by atoms with Crippen LogP contribution >= 0.6 is 23.2 Å². The highest BCUT2D eigenvalue weighted by Gasteiger charge is 2.19. The standard InChI is InChI=1S/C12H15Cl2NO4S/c13-10-5-9(20(15,16)17)6-11(14)12(10)19-7-8-1-3-18-4-2-8/h5-6,8H,1-4,7H2,(H2,15,16,17). The summed E-state index contributed by atoms with van der Waals surface area (Å²) in [6, 6.07) is 2.48. The Kier molecular flexibility index (Phi) is 5.14. The van der Waals surface area contributed by atoms with E-state index >= 15 is 0 Å². The number of halogens is 2. The number of rotatable bonds is 4. The van der Waals surface area contributed by atoms with Crippen LogP contribution in [0.5, 0.6) is 5.75 Å². The van der Waals surface area contributed by atoms with Gasteiger partial charge in [-0.25, -0.2) is 13.6 Å².